The lowest BCUT2D eigenvalue weighted by atomic mass is 10.2. The predicted octanol–water partition coefficient (Wildman–Crippen LogP) is 2.84. The Morgan fingerprint density at radius 1 is 1.27 bits per heavy atom. The molecule has 0 fully saturated rings. The Kier molecular flexibility index (Phi) is 3.06. The molecule has 0 spiro atoms. The van der Waals surface area contributed by atoms with Crippen LogP contribution in [0.15, 0.2) is 12.3 Å². The lowest BCUT2D eigenvalue weighted by molar-refractivity contribution is -0.140. The standard InChI is InChI=1S/C7H3F6NO/c8-4-3(7(11,12)13)1-2-14-5(4)15-6(9)10/h1-2,6H. The molecule has 0 aliphatic rings. The van der Waals surface area contributed by atoms with E-state index in [4.69, 9.17) is 0 Å². The van der Waals surface area contributed by atoms with Crippen molar-refractivity contribution in [2.24, 2.45) is 0 Å². The summed E-state index contributed by atoms with van der Waals surface area (Å²) in [5, 5.41) is 0. The minimum Gasteiger partial charge on any atom is -0.414 e. The molecule has 0 amide bonds. The average Bonchev–Trinajstić information content (AvgIpc) is 2.05. The molecule has 0 bridgehead atoms. The van der Waals surface area contributed by atoms with Gasteiger partial charge in [-0.15, -0.1) is 0 Å². The Bertz CT molecular complexity index is 350. The van der Waals surface area contributed by atoms with Gasteiger partial charge in [-0.25, -0.2) is 9.37 Å². The molecule has 1 rings (SSSR count). The van der Waals surface area contributed by atoms with Crippen molar-refractivity contribution < 1.29 is 31.1 Å². The van der Waals surface area contributed by atoms with Crippen LogP contribution < -0.4 is 4.74 Å². The van der Waals surface area contributed by atoms with Crippen molar-refractivity contribution in [3.8, 4) is 5.88 Å². The van der Waals surface area contributed by atoms with Gasteiger partial charge in [-0.05, 0) is 6.07 Å². The Hall–Kier alpha value is -1.47. The normalized spacial score (nSPS) is 11.9. The second-order valence-corrected chi connectivity index (χ2v) is 2.35. The van der Waals surface area contributed by atoms with Crippen molar-refractivity contribution in [2.75, 3.05) is 0 Å². The van der Waals surface area contributed by atoms with Gasteiger partial charge in [-0.3, -0.25) is 0 Å². The first-order valence-electron chi connectivity index (χ1n) is 3.49. The Morgan fingerprint density at radius 2 is 1.87 bits per heavy atom. The van der Waals surface area contributed by atoms with Crippen LogP contribution in [0.3, 0.4) is 0 Å². The average molecular weight is 231 g/mol. The number of rotatable bonds is 2. The van der Waals surface area contributed by atoms with E-state index >= 15 is 0 Å². The first-order chi connectivity index (χ1) is 6.82. The summed E-state index contributed by atoms with van der Waals surface area (Å²) in [7, 11) is 0. The van der Waals surface area contributed by atoms with Crippen LogP contribution in [0.2, 0.25) is 0 Å². The Balaban J connectivity index is 3.12. The minimum atomic E-state index is -4.98. The molecular weight excluding hydrogens is 228 g/mol. The summed E-state index contributed by atoms with van der Waals surface area (Å²) in [6, 6.07) is 0.327. The SMILES string of the molecule is Fc1c(C(F)(F)F)ccnc1OC(F)F. The molecule has 1 heterocycles. The van der Waals surface area contributed by atoms with E-state index < -0.39 is 30.0 Å². The number of ether oxygens (including phenoxy) is 1. The number of pyridine rings is 1. The van der Waals surface area contributed by atoms with Crippen LogP contribution in [0.1, 0.15) is 5.56 Å². The molecule has 15 heavy (non-hydrogen) atoms. The van der Waals surface area contributed by atoms with E-state index in [0.29, 0.717) is 12.3 Å². The molecule has 0 saturated carbocycles. The number of alkyl halides is 5. The van der Waals surface area contributed by atoms with Crippen LogP contribution in [0.4, 0.5) is 26.3 Å². The highest BCUT2D eigenvalue weighted by Crippen LogP contribution is 2.33. The molecule has 0 N–H and O–H groups in total. The maximum Gasteiger partial charge on any atom is 0.419 e. The van der Waals surface area contributed by atoms with Crippen LogP contribution in [0.5, 0.6) is 5.88 Å². The van der Waals surface area contributed by atoms with E-state index in [9.17, 15) is 26.3 Å². The van der Waals surface area contributed by atoms with Crippen molar-refractivity contribution in [1.29, 1.82) is 0 Å². The predicted molar refractivity (Wildman–Crippen MR) is 35.8 cm³/mol. The molecule has 0 aliphatic carbocycles. The third kappa shape index (κ3) is 2.74. The van der Waals surface area contributed by atoms with Gasteiger partial charge in [-0.2, -0.15) is 22.0 Å². The van der Waals surface area contributed by atoms with Gasteiger partial charge in [0.05, 0.1) is 5.56 Å². The molecule has 0 unspecified atom stereocenters. The summed E-state index contributed by atoms with van der Waals surface area (Å²) < 4.78 is 75.8. The number of halogens is 6. The summed E-state index contributed by atoms with van der Waals surface area (Å²) in [6.45, 7) is -3.43. The van der Waals surface area contributed by atoms with E-state index in [2.05, 4.69) is 9.72 Å². The third-order valence-corrected chi connectivity index (χ3v) is 1.36. The van der Waals surface area contributed by atoms with Crippen molar-refractivity contribution in [3.05, 3.63) is 23.6 Å². The van der Waals surface area contributed by atoms with Crippen molar-refractivity contribution in [1.82, 2.24) is 4.98 Å². The van der Waals surface area contributed by atoms with Crippen LogP contribution in [0.25, 0.3) is 0 Å². The van der Waals surface area contributed by atoms with Gasteiger partial charge < -0.3 is 4.74 Å². The summed E-state index contributed by atoms with van der Waals surface area (Å²) in [5.41, 5.74) is -1.70. The summed E-state index contributed by atoms with van der Waals surface area (Å²) in [6.07, 6.45) is -4.45. The van der Waals surface area contributed by atoms with Crippen LogP contribution in [0, 0.1) is 5.82 Å². The molecule has 1 aromatic heterocycles. The zero-order valence-electron chi connectivity index (χ0n) is 6.86. The fourth-order valence-electron chi connectivity index (χ4n) is 0.810. The molecule has 0 radical (unpaired) electrons. The van der Waals surface area contributed by atoms with E-state index in [0.717, 1.165) is 0 Å². The van der Waals surface area contributed by atoms with Gasteiger partial charge >= 0.3 is 12.8 Å². The minimum absolute atomic E-state index is 0.327. The quantitative estimate of drug-likeness (QED) is 0.730. The van der Waals surface area contributed by atoms with Gasteiger partial charge in [0.1, 0.15) is 0 Å². The van der Waals surface area contributed by atoms with Crippen LogP contribution >= 0.6 is 0 Å². The fraction of sp³-hybridized carbons (Fsp3) is 0.286. The Morgan fingerprint density at radius 3 is 2.33 bits per heavy atom. The summed E-state index contributed by atoms with van der Waals surface area (Å²) in [4.78, 5) is 2.92. The van der Waals surface area contributed by atoms with Gasteiger partial charge in [0, 0.05) is 6.20 Å². The molecule has 0 atom stereocenters. The summed E-state index contributed by atoms with van der Waals surface area (Å²) >= 11 is 0. The number of hydrogen-bond acceptors (Lipinski definition) is 2. The monoisotopic (exact) mass is 231 g/mol. The maximum absolute atomic E-state index is 12.9. The lowest BCUT2D eigenvalue weighted by Gasteiger charge is -2.10. The molecular formula is C7H3F6NO. The zero-order chi connectivity index (χ0) is 11.6. The van der Waals surface area contributed by atoms with Crippen molar-refractivity contribution >= 4 is 0 Å². The van der Waals surface area contributed by atoms with E-state index in [1.54, 1.807) is 0 Å². The largest absolute Gasteiger partial charge is 0.419 e. The third-order valence-electron chi connectivity index (χ3n) is 1.36. The van der Waals surface area contributed by atoms with E-state index in [-0.39, 0.29) is 0 Å². The highest BCUT2D eigenvalue weighted by Gasteiger charge is 2.36. The smallest absolute Gasteiger partial charge is 0.414 e. The molecule has 0 aromatic carbocycles. The second kappa shape index (κ2) is 3.95. The van der Waals surface area contributed by atoms with E-state index in [1.165, 1.54) is 0 Å². The lowest BCUT2D eigenvalue weighted by Crippen LogP contribution is -2.12. The van der Waals surface area contributed by atoms with Gasteiger partial charge in [0.25, 0.3) is 5.88 Å². The van der Waals surface area contributed by atoms with Gasteiger partial charge in [0.2, 0.25) is 0 Å². The molecule has 1 aromatic rings. The second-order valence-electron chi connectivity index (χ2n) is 2.35. The zero-order valence-corrected chi connectivity index (χ0v) is 6.86. The molecule has 0 aliphatic heterocycles. The maximum atomic E-state index is 12.9. The first-order valence-corrected chi connectivity index (χ1v) is 3.49. The van der Waals surface area contributed by atoms with Gasteiger partial charge in [0.15, 0.2) is 5.82 Å². The topological polar surface area (TPSA) is 22.1 Å². The molecule has 8 heteroatoms. The number of aromatic nitrogens is 1. The van der Waals surface area contributed by atoms with Crippen LogP contribution in [-0.4, -0.2) is 11.6 Å². The molecule has 84 valence electrons. The van der Waals surface area contributed by atoms with Crippen LogP contribution in [-0.2, 0) is 6.18 Å². The first kappa shape index (κ1) is 11.6. The highest BCUT2D eigenvalue weighted by atomic mass is 19.4. The Labute approximate surface area is 79.5 Å². The summed E-state index contributed by atoms with van der Waals surface area (Å²) in [5.74, 6) is -3.33. The number of hydrogen-bond donors (Lipinski definition) is 0. The highest BCUT2D eigenvalue weighted by molar-refractivity contribution is 5.25. The molecule has 0 saturated heterocycles. The van der Waals surface area contributed by atoms with Crippen molar-refractivity contribution in [3.63, 3.8) is 0 Å². The van der Waals surface area contributed by atoms with E-state index in [1.807, 2.05) is 0 Å². The fourth-order valence-corrected chi connectivity index (χ4v) is 0.810. The molecule has 2 nitrogen and oxygen atoms in total. The van der Waals surface area contributed by atoms with Crippen molar-refractivity contribution in [2.45, 2.75) is 12.8 Å². The van der Waals surface area contributed by atoms with Gasteiger partial charge in [-0.1, -0.05) is 0 Å². The number of nitrogens with zero attached hydrogens (tertiary/aromatic N) is 1.